The molecule has 0 aliphatic carbocycles. The minimum atomic E-state index is -0.465. The van der Waals surface area contributed by atoms with Crippen molar-refractivity contribution in [2.45, 2.75) is 103 Å². The largest absolute Gasteiger partial charge is 0.396 e. The zero-order valence-corrected chi connectivity index (χ0v) is 14.2. The minimum Gasteiger partial charge on any atom is -0.396 e. The van der Waals surface area contributed by atoms with Gasteiger partial charge in [0.15, 0.2) is 0 Å². The topological polar surface area (TPSA) is 40.5 Å². The molecule has 0 aromatic heterocycles. The Bertz CT molecular complexity index is 214. The van der Waals surface area contributed by atoms with Crippen LogP contribution in [0, 0.1) is 0 Å². The zero-order chi connectivity index (χ0) is 15.6. The van der Waals surface area contributed by atoms with Crippen molar-refractivity contribution in [1.29, 1.82) is 0 Å². The van der Waals surface area contributed by atoms with Crippen LogP contribution in [0.5, 0.6) is 0 Å². The molecule has 2 nitrogen and oxygen atoms in total. The number of aliphatic hydroxyl groups excluding tert-OH is 2. The number of unbranched alkanes of at least 4 members (excludes halogenated alkanes) is 12. The van der Waals surface area contributed by atoms with Gasteiger partial charge >= 0.3 is 0 Å². The van der Waals surface area contributed by atoms with Gasteiger partial charge in [0, 0.05) is 6.61 Å². The molecule has 0 heterocycles. The molecule has 0 amide bonds. The summed E-state index contributed by atoms with van der Waals surface area (Å²) < 4.78 is 0. The van der Waals surface area contributed by atoms with Gasteiger partial charge in [-0.3, -0.25) is 0 Å². The van der Waals surface area contributed by atoms with E-state index in [1.165, 1.54) is 77.0 Å². The van der Waals surface area contributed by atoms with Gasteiger partial charge in [-0.15, -0.1) is 0 Å². The van der Waals surface area contributed by atoms with E-state index in [-0.39, 0.29) is 6.61 Å². The summed E-state index contributed by atoms with van der Waals surface area (Å²) in [5.74, 6) is 0. The first-order valence-electron chi connectivity index (χ1n) is 9.26. The molecule has 0 rings (SSSR count). The molecule has 0 saturated carbocycles. The van der Waals surface area contributed by atoms with Gasteiger partial charge in [0.05, 0.1) is 6.10 Å². The Hall–Kier alpha value is -0.340. The van der Waals surface area contributed by atoms with Gasteiger partial charge in [-0.05, 0) is 19.3 Å². The summed E-state index contributed by atoms with van der Waals surface area (Å²) in [6.07, 6.45) is 21.5. The molecule has 1 unspecified atom stereocenters. The van der Waals surface area contributed by atoms with Crippen LogP contribution >= 0.6 is 0 Å². The van der Waals surface area contributed by atoms with Gasteiger partial charge in [-0.2, -0.15) is 0 Å². The normalized spacial score (nSPS) is 13.1. The Morgan fingerprint density at radius 3 is 1.71 bits per heavy atom. The predicted molar refractivity (Wildman–Crippen MR) is 92.5 cm³/mol. The average molecular weight is 299 g/mol. The van der Waals surface area contributed by atoms with Crippen LogP contribution in [0.2, 0.25) is 0 Å². The van der Waals surface area contributed by atoms with Crippen LogP contribution in [0.3, 0.4) is 0 Å². The first kappa shape index (κ1) is 20.7. The number of rotatable bonds is 16. The third kappa shape index (κ3) is 17.6. The SMILES string of the molecule is CCCCCCCCCCCCCCC=CC(O)CCO. The van der Waals surface area contributed by atoms with Crippen molar-refractivity contribution < 1.29 is 10.2 Å². The van der Waals surface area contributed by atoms with Gasteiger partial charge < -0.3 is 10.2 Å². The van der Waals surface area contributed by atoms with Crippen LogP contribution in [-0.4, -0.2) is 22.9 Å². The van der Waals surface area contributed by atoms with Crippen molar-refractivity contribution in [3.8, 4) is 0 Å². The number of aliphatic hydroxyl groups is 2. The average Bonchev–Trinajstić information content (AvgIpc) is 2.48. The van der Waals surface area contributed by atoms with Crippen molar-refractivity contribution in [2.75, 3.05) is 6.61 Å². The molecule has 21 heavy (non-hydrogen) atoms. The molecule has 0 aromatic rings. The van der Waals surface area contributed by atoms with E-state index in [4.69, 9.17) is 5.11 Å². The number of allylic oxidation sites excluding steroid dienone is 1. The van der Waals surface area contributed by atoms with Crippen molar-refractivity contribution in [1.82, 2.24) is 0 Å². The van der Waals surface area contributed by atoms with Crippen LogP contribution < -0.4 is 0 Å². The fraction of sp³-hybridized carbons (Fsp3) is 0.895. The summed E-state index contributed by atoms with van der Waals surface area (Å²) >= 11 is 0. The lowest BCUT2D eigenvalue weighted by atomic mass is 10.0. The highest BCUT2D eigenvalue weighted by molar-refractivity contribution is 4.88. The van der Waals surface area contributed by atoms with Gasteiger partial charge in [0.2, 0.25) is 0 Å². The highest BCUT2D eigenvalue weighted by Gasteiger charge is 1.96. The first-order valence-corrected chi connectivity index (χ1v) is 9.26. The van der Waals surface area contributed by atoms with E-state index >= 15 is 0 Å². The van der Waals surface area contributed by atoms with Gasteiger partial charge in [-0.1, -0.05) is 89.7 Å². The fourth-order valence-electron chi connectivity index (χ4n) is 2.58. The summed E-state index contributed by atoms with van der Waals surface area (Å²) in [6, 6.07) is 0. The van der Waals surface area contributed by atoms with Crippen molar-refractivity contribution in [3.05, 3.63) is 12.2 Å². The molecule has 0 saturated heterocycles. The molecule has 0 bridgehead atoms. The van der Waals surface area contributed by atoms with Crippen LogP contribution in [0.25, 0.3) is 0 Å². The predicted octanol–water partition coefficient (Wildman–Crippen LogP) is 5.38. The maximum absolute atomic E-state index is 9.39. The maximum Gasteiger partial charge on any atom is 0.0742 e. The van der Waals surface area contributed by atoms with Crippen molar-refractivity contribution >= 4 is 0 Å². The van der Waals surface area contributed by atoms with Gasteiger partial charge in [0.1, 0.15) is 0 Å². The molecule has 0 radical (unpaired) electrons. The highest BCUT2D eigenvalue weighted by Crippen LogP contribution is 2.12. The van der Waals surface area contributed by atoms with Gasteiger partial charge in [-0.25, -0.2) is 0 Å². The Labute approximate surface area is 132 Å². The van der Waals surface area contributed by atoms with Crippen LogP contribution in [0.15, 0.2) is 12.2 Å². The summed E-state index contributed by atoms with van der Waals surface area (Å²) in [6.45, 7) is 2.33. The summed E-state index contributed by atoms with van der Waals surface area (Å²) in [5.41, 5.74) is 0. The lowest BCUT2D eigenvalue weighted by Crippen LogP contribution is -2.03. The summed E-state index contributed by atoms with van der Waals surface area (Å²) in [5, 5.41) is 18.1. The Morgan fingerprint density at radius 2 is 1.24 bits per heavy atom. The van der Waals surface area contributed by atoms with E-state index < -0.39 is 6.10 Å². The molecule has 0 spiro atoms. The molecule has 126 valence electrons. The Kier molecular flexibility index (Phi) is 17.4. The third-order valence-corrected chi connectivity index (χ3v) is 4.01. The van der Waals surface area contributed by atoms with Crippen LogP contribution in [0.1, 0.15) is 96.8 Å². The van der Waals surface area contributed by atoms with Crippen molar-refractivity contribution in [3.63, 3.8) is 0 Å². The number of hydrogen-bond donors (Lipinski definition) is 2. The smallest absolute Gasteiger partial charge is 0.0742 e. The number of hydrogen-bond acceptors (Lipinski definition) is 2. The Balaban J connectivity index is 3.09. The van der Waals surface area contributed by atoms with Gasteiger partial charge in [0.25, 0.3) is 0 Å². The van der Waals surface area contributed by atoms with Crippen molar-refractivity contribution in [2.24, 2.45) is 0 Å². The Morgan fingerprint density at radius 1 is 0.762 bits per heavy atom. The fourth-order valence-corrected chi connectivity index (χ4v) is 2.58. The molecule has 1 atom stereocenters. The monoisotopic (exact) mass is 298 g/mol. The standard InChI is InChI=1S/C19H38O2/c1-2-3-4-5-6-7-8-9-10-11-12-13-14-15-16-19(21)17-18-20/h15-16,19-21H,2-14,17-18H2,1H3. The molecule has 0 aliphatic rings. The van der Waals surface area contributed by atoms with E-state index in [9.17, 15) is 5.11 Å². The van der Waals surface area contributed by atoms with E-state index in [0.717, 1.165) is 6.42 Å². The maximum atomic E-state index is 9.39. The lowest BCUT2D eigenvalue weighted by Gasteiger charge is -2.03. The molecule has 0 aromatic carbocycles. The second-order valence-corrected chi connectivity index (χ2v) is 6.19. The molecular formula is C19H38O2. The molecule has 0 aliphatic heterocycles. The summed E-state index contributed by atoms with van der Waals surface area (Å²) in [7, 11) is 0. The van der Waals surface area contributed by atoms with E-state index in [0.29, 0.717) is 6.42 Å². The van der Waals surface area contributed by atoms with E-state index in [1.54, 1.807) is 0 Å². The lowest BCUT2D eigenvalue weighted by molar-refractivity contribution is 0.170. The molecular weight excluding hydrogens is 260 g/mol. The molecule has 2 heteroatoms. The van der Waals surface area contributed by atoms with E-state index in [1.807, 2.05) is 6.08 Å². The molecule has 0 fully saturated rings. The highest BCUT2D eigenvalue weighted by atomic mass is 16.3. The second kappa shape index (κ2) is 17.7. The van der Waals surface area contributed by atoms with Crippen LogP contribution in [0.4, 0.5) is 0 Å². The zero-order valence-electron chi connectivity index (χ0n) is 14.2. The quantitative estimate of drug-likeness (QED) is 0.297. The second-order valence-electron chi connectivity index (χ2n) is 6.19. The first-order chi connectivity index (χ1) is 10.3. The third-order valence-electron chi connectivity index (χ3n) is 4.01. The van der Waals surface area contributed by atoms with Crippen LogP contribution in [-0.2, 0) is 0 Å². The minimum absolute atomic E-state index is 0.0596. The molecule has 2 N–H and O–H groups in total. The van der Waals surface area contributed by atoms with E-state index in [2.05, 4.69) is 13.0 Å². The summed E-state index contributed by atoms with van der Waals surface area (Å²) in [4.78, 5) is 0.